The third kappa shape index (κ3) is 2.62. The zero-order valence-corrected chi connectivity index (χ0v) is 10.4. The number of methoxy groups -OCH3 is 1. The minimum Gasteiger partial charge on any atom is -0.384 e. The summed E-state index contributed by atoms with van der Waals surface area (Å²) in [5.41, 5.74) is 0. The fraction of sp³-hybridized carbons (Fsp3) is 0.636. The molecule has 1 aromatic heterocycles. The molecule has 4 nitrogen and oxygen atoms in total. The molecular formula is C11H16ClN3O. The van der Waals surface area contributed by atoms with Crippen LogP contribution < -0.4 is 4.90 Å². The Bertz CT molecular complexity index is 352. The topological polar surface area (TPSA) is 38.2 Å². The second-order valence-corrected chi connectivity index (χ2v) is 4.54. The first-order chi connectivity index (χ1) is 7.69. The molecule has 1 fully saturated rings. The zero-order chi connectivity index (χ0) is 11.5. The summed E-state index contributed by atoms with van der Waals surface area (Å²) in [6.07, 6.45) is 1.15. The standard InChI is InChI=1S/C11H16ClN3O/c1-8-13-10(12)5-11(14-8)15-4-3-9(6-15)7-16-2/h5,9H,3-4,6-7H2,1-2H3/t9-/m0/s1. The van der Waals surface area contributed by atoms with Crippen LogP contribution in [-0.2, 0) is 4.74 Å². The van der Waals surface area contributed by atoms with Crippen molar-refractivity contribution in [2.75, 3.05) is 31.7 Å². The highest BCUT2D eigenvalue weighted by Gasteiger charge is 2.23. The van der Waals surface area contributed by atoms with Crippen LogP contribution in [0.5, 0.6) is 0 Å². The molecule has 0 bridgehead atoms. The fourth-order valence-corrected chi connectivity index (χ4v) is 2.31. The molecule has 1 aliphatic rings. The lowest BCUT2D eigenvalue weighted by Gasteiger charge is -2.17. The molecule has 16 heavy (non-hydrogen) atoms. The Hall–Kier alpha value is -0.870. The van der Waals surface area contributed by atoms with Crippen LogP contribution in [0.4, 0.5) is 5.82 Å². The van der Waals surface area contributed by atoms with E-state index in [0.29, 0.717) is 11.1 Å². The van der Waals surface area contributed by atoms with Gasteiger partial charge in [-0.3, -0.25) is 0 Å². The van der Waals surface area contributed by atoms with Gasteiger partial charge in [-0.25, -0.2) is 9.97 Å². The lowest BCUT2D eigenvalue weighted by Crippen LogP contribution is -2.22. The van der Waals surface area contributed by atoms with E-state index in [2.05, 4.69) is 14.9 Å². The number of rotatable bonds is 3. The van der Waals surface area contributed by atoms with E-state index < -0.39 is 0 Å². The number of aryl methyl sites for hydroxylation is 1. The molecule has 88 valence electrons. The van der Waals surface area contributed by atoms with Gasteiger partial charge < -0.3 is 9.64 Å². The first-order valence-corrected chi connectivity index (χ1v) is 5.82. The monoisotopic (exact) mass is 241 g/mol. The molecule has 0 radical (unpaired) electrons. The fourth-order valence-electron chi connectivity index (χ4n) is 2.09. The second kappa shape index (κ2) is 4.97. The predicted octanol–water partition coefficient (Wildman–Crippen LogP) is 1.91. The minimum absolute atomic E-state index is 0.512. The van der Waals surface area contributed by atoms with Gasteiger partial charge in [0, 0.05) is 32.2 Å². The summed E-state index contributed by atoms with van der Waals surface area (Å²) in [7, 11) is 1.74. The van der Waals surface area contributed by atoms with Gasteiger partial charge in [0.25, 0.3) is 0 Å². The molecule has 1 aromatic rings. The quantitative estimate of drug-likeness (QED) is 0.758. The van der Waals surface area contributed by atoms with Crippen LogP contribution in [0.2, 0.25) is 5.15 Å². The maximum atomic E-state index is 5.92. The summed E-state index contributed by atoms with van der Waals surface area (Å²) in [6.45, 7) is 4.67. The van der Waals surface area contributed by atoms with E-state index in [4.69, 9.17) is 16.3 Å². The molecule has 0 spiro atoms. The van der Waals surface area contributed by atoms with Crippen LogP contribution in [0.3, 0.4) is 0 Å². The van der Waals surface area contributed by atoms with Crippen molar-refractivity contribution in [2.45, 2.75) is 13.3 Å². The van der Waals surface area contributed by atoms with Crippen LogP contribution in [0.15, 0.2) is 6.07 Å². The van der Waals surface area contributed by atoms with Gasteiger partial charge in [-0.1, -0.05) is 11.6 Å². The van der Waals surface area contributed by atoms with E-state index >= 15 is 0 Å². The van der Waals surface area contributed by atoms with Crippen molar-refractivity contribution in [1.29, 1.82) is 0 Å². The number of nitrogens with zero attached hydrogens (tertiary/aromatic N) is 3. The van der Waals surface area contributed by atoms with Gasteiger partial charge in [0.2, 0.25) is 0 Å². The third-order valence-electron chi connectivity index (χ3n) is 2.81. The Kier molecular flexibility index (Phi) is 3.61. The molecule has 2 rings (SSSR count). The van der Waals surface area contributed by atoms with E-state index in [9.17, 15) is 0 Å². The van der Waals surface area contributed by atoms with E-state index in [1.54, 1.807) is 7.11 Å². The van der Waals surface area contributed by atoms with Crippen molar-refractivity contribution in [3.05, 3.63) is 17.0 Å². The maximum Gasteiger partial charge on any atom is 0.134 e. The number of ether oxygens (including phenoxy) is 1. The van der Waals surface area contributed by atoms with Crippen molar-refractivity contribution >= 4 is 17.4 Å². The lowest BCUT2D eigenvalue weighted by atomic mass is 10.1. The summed E-state index contributed by atoms with van der Waals surface area (Å²) in [4.78, 5) is 10.7. The second-order valence-electron chi connectivity index (χ2n) is 4.15. The summed E-state index contributed by atoms with van der Waals surface area (Å²) in [5, 5.41) is 0.512. The summed E-state index contributed by atoms with van der Waals surface area (Å²) >= 11 is 5.92. The summed E-state index contributed by atoms with van der Waals surface area (Å²) in [5.74, 6) is 2.24. The van der Waals surface area contributed by atoms with Crippen LogP contribution in [0.1, 0.15) is 12.2 Å². The molecule has 5 heteroatoms. The Labute approximate surface area is 101 Å². The van der Waals surface area contributed by atoms with Gasteiger partial charge in [-0.15, -0.1) is 0 Å². The normalized spacial score (nSPS) is 20.4. The number of hydrogen-bond donors (Lipinski definition) is 0. The molecule has 0 aliphatic carbocycles. The number of halogens is 1. The molecule has 1 aliphatic heterocycles. The van der Waals surface area contributed by atoms with Gasteiger partial charge in [-0.2, -0.15) is 0 Å². The number of anilines is 1. The molecule has 0 unspecified atom stereocenters. The van der Waals surface area contributed by atoms with E-state index in [1.807, 2.05) is 13.0 Å². The van der Waals surface area contributed by atoms with Crippen LogP contribution in [-0.4, -0.2) is 36.8 Å². The summed E-state index contributed by atoms with van der Waals surface area (Å²) < 4.78 is 5.17. The smallest absolute Gasteiger partial charge is 0.134 e. The summed E-state index contributed by atoms with van der Waals surface area (Å²) in [6, 6.07) is 1.82. The lowest BCUT2D eigenvalue weighted by molar-refractivity contribution is 0.161. The van der Waals surface area contributed by atoms with E-state index in [-0.39, 0.29) is 0 Å². The molecule has 0 saturated carbocycles. The molecule has 0 N–H and O–H groups in total. The molecule has 1 atom stereocenters. The van der Waals surface area contributed by atoms with Crippen molar-refractivity contribution in [3.8, 4) is 0 Å². The van der Waals surface area contributed by atoms with Crippen LogP contribution in [0.25, 0.3) is 0 Å². The highest BCUT2D eigenvalue weighted by Crippen LogP contribution is 2.23. The van der Waals surface area contributed by atoms with Gasteiger partial charge in [0.15, 0.2) is 0 Å². The average Bonchev–Trinajstić information content (AvgIpc) is 2.65. The van der Waals surface area contributed by atoms with Crippen LogP contribution >= 0.6 is 11.6 Å². The minimum atomic E-state index is 0.512. The van der Waals surface area contributed by atoms with E-state index in [0.717, 1.165) is 37.8 Å². The molecule has 2 heterocycles. The van der Waals surface area contributed by atoms with Gasteiger partial charge >= 0.3 is 0 Å². The highest BCUT2D eigenvalue weighted by molar-refractivity contribution is 6.29. The van der Waals surface area contributed by atoms with Crippen molar-refractivity contribution in [2.24, 2.45) is 5.92 Å². The first kappa shape index (κ1) is 11.6. The molecule has 0 amide bonds. The predicted molar refractivity (Wildman–Crippen MR) is 64.0 cm³/mol. The maximum absolute atomic E-state index is 5.92. The van der Waals surface area contributed by atoms with Crippen molar-refractivity contribution in [1.82, 2.24) is 9.97 Å². The Morgan fingerprint density at radius 2 is 2.38 bits per heavy atom. The number of hydrogen-bond acceptors (Lipinski definition) is 4. The molecule has 0 aromatic carbocycles. The third-order valence-corrected chi connectivity index (χ3v) is 3.00. The van der Waals surface area contributed by atoms with E-state index in [1.165, 1.54) is 0 Å². The van der Waals surface area contributed by atoms with Crippen LogP contribution in [0, 0.1) is 12.8 Å². The Morgan fingerprint density at radius 1 is 1.56 bits per heavy atom. The first-order valence-electron chi connectivity index (χ1n) is 5.44. The highest BCUT2D eigenvalue weighted by atomic mass is 35.5. The largest absolute Gasteiger partial charge is 0.384 e. The van der Waals surface area contributed by atoms with Gasteiger partial charge in [0.05, 0.1) is 6.61 Å². The number of aromatic nitrogens is 2. The van der Waals surface area contributed by atoms with Gasteiger partial charge in [0.1, 0.15) is 16.8 Å². The van der Waals surface area contributed by atoms with Crippen molar-refractivity contribution in [3.63, 3.8) is 0 Å². The molecule has 1 saturated heterocycles. The SMILES string of the molecule is COC[C@H]1CCN(c2cc(Cl)nc(C)n2)C1. The molecular weight excluding hydrogens is 226 g/mol. The Balaban J connectivity index is 2.08. The van der Waals surface area contributed by atoms with Crippen molar-refractivity contribution < 1.29 is 4.74 Å². The average molecular weight is 242 g/mol. The Morgan fingerprint density at radius 3 is 3.06 bits per heavy atom. The van der Waals surface area contributed by atoms with Gasteiger partial charge in [-0.05, 0) is 13.3 Å². The zero-order valence-electron chi connectivity index (χ0n) is 9.61.